The van der Waals surface area contributed by atoms with Crippen molar-refractivity contribution in [2.24, 2.45) is 11.7 Å². The molecule has 1 saturated carbocycles. The van der Waals surface area contributed by atoms with Crippen LogP contribution in [0.1, 0.15) is 32.6 Å². The van der Waals surface area contributed by atoms with E-state index in [9.17, 15) is 0 Å². The van der Waals surface area contributed by atoms with Gasteiger partial charge in [-0.05, 0) is 31.6 Å². The number of hydrogen-bond donors (Lipinski definition) is 1. The SMILES string of the molecule is CCC(N)CN1CC2CCC1C2. The van der Waals surface area contributed by atoms with Crippen molar-refractivity contribution in [2.75, 3.05) is 13.1 Å². The van der Waals surface area contributed by atoms with Crippen LogP contribution in [0.3, 0.4) is 0 Å². The number of nitrogens with two attached hydrogens (primary N) is 1. The zero-order chi connectivity index (χ0) is 8.55. The maximum absolute atomic E-state index is 5.94. The summed E-state index contributed by atoms with van der Waals surface area (Å²) in [6.45, 7) is 4.65. The van der Waals surface area contributed by atoms with Crippen molar-refractivity contribution < 1.29 is 0 Å². The molecular formula is C10H20N2. The third-order valence-electron chi connectivity index (χ3n) is 3.52. The molecule has 0 radical (unpaired) electrons. The summed E-state index contributed by atoms with van der Waals surface area (Å²) < 4.78 is 0. The molecule has 2 nitrogen and oxygen atoms in total. The maximum atomic E-state index is 5.94. The third-order valence-corrected chi connectivity index (χ3v) is 3.52. The number of likely N-dealkylation sites (tertiary alicyclic amines) is 1. The Morgan fingerprint density at radius 2 is 2.33 bits per heavy atom. The van der Waals surface area contributed by atoms with Gasteiger partial charge in [-0.2, -0.15) is 0 Å². The fraction of sp³-hybridized carbons (Fsp3) is 1.00. The van der Waals surface area contributed by atoms with Crippen molar-refractivity contribution in [2.45, 2.75) is 44.7 Å². The van der Waals surface area contributed by atoms with E-state index in [0.29, 0.717) is 6.04 Å². The quantitative estimate of drug-likeness (QED) is 0.686. The molecule has 70 valence electrons. The summed E-state index contributed by atoms with van der Waals surface area (Å²) in [7, 11) is 0. The minimum absolute atomic E-state index is 0.407. The van der Waals surface area contributed by atoms with Crippen LogP contribution in [0.5, 0.6) is 0 Å². The van der Waals surface area contributed by atoms with E-state index in [1.165, 1.54) is 25.8 Å². The van der Waals surface area contributed by atoms with Crippen molar-refractivity contribution in [3.05, 3.63) is 0 Å². The maximum Gasteiger partial charge on any atom is 0.0165 e. The molecule has 2 fully saturated rings. The minimum Gasteiger partial charge on any atom is -0.327 e. The Bertz CT molecular complexity index is 158. The molecule has 3 atom stereocenters. The molecule has 2 heteroatoms. The fourth-order valence-corrected chi connectivity index (χ4v) is 2.68. The second kappa shape index (κ2) is 3.35. The summed E-state index contributed by atoms with van der Waals surface area (Å²) in [5.74, 6) is 1.01. The zero-order valence-electron chi connectivity index (χ0n) is 8.00. The highest BCUT2D eigenvalue weighted by atomic mass is 15.2. The highest BCUT2D eigenvalue weighted by Gasteiger charge is 2.37. The molecule has 1 aliphatic carbocycles. The van der Waals surface area contributed by atoms with E-state index in [0.717, 1.165) is 24.9 Å². The predicted molar refractivity (Wildman–Crippen MR) is 51.0 cm³/mol. The molecule has 2 bridgehead atoms. The van der Waals surface area contributed by atoms with Gasteiger partial charge in [-0.3, -0.25) is 4.90 Å². The molecule has 1 aliphatic heterocycles. The standard InChI is InChI=1S/C10H20N2/c1-2-9(11)7-12-6-8-3-4-10(12)5-8/h8-10H,2-7,11H2,1H3. The van der Waals surface area contributed by atoms with Crippen LogP contribution in [0.2, 0.25) is 0 Å². The Morgan fingerprint density at radius 1 is 1.50 bits per heavy atom. The van der Waals surface area contributed by atoms with Crippen molar-refractivity contribution in [1.29, 1.82) is 0 Å². The molecular weight excluding hydrogens is 148 g/mol. The summed E-state index contributed by atoms with van der Waals surface area (Å²) in [5, 5.41) is 0. The molecule has 12 heavy (non-hydrogen) atoms. The fourth-order valence-electron chi connectivity index (χ4n) is 2.68. The Hall–Kier alpha value is -0.0800. The summed E-state index contributed by atoms with van der Waals surface area (Å²) in [6.07, 6.45) is 5.48. The van der Waals surface area contributed by atoms with Crippen molar-refractivity contribution in [3.8, 4) is 0 Å². The van der Waals surface area contributed by atoms with Crippen molar-refractivity contribution in [3.63, 3.8) is 0 Å². The van der Waals surface area contributed by atoms with Crippen LogP contribution in [0, 0.1) is 5.92 Å². The van der Waals surface area contributed by atoms with Crippen LogP contribution in [0.25, 0.3) is 0 Å². The highest BCUT2D eigenvalue weighted by molar-refractivity contribution is 4.92. The highest BCUT2D eigenvalue weighted by Crippen LogP contribution is 2.37. The lowest BCUT2D eigenvalue weighted by Gasteiger charge is -2.28. The molecule has 0 aromatic rings. The largest absolute Gasteiger partial charge is 0.327 e. The first-order chi connectivity index (χ1) is 5.79. The first-order valence-electron chi connectivity index (χ1n) is 5.29. The average Bonchev–Trinajstić information content (AvgIpc) is 2.64. The van der Waals surface area contributed by atoms with Crippen LogP contribution in [0.15, 0.2) is 0 Å². The smallest absolute Gasteiger partial charge is 0.0165 e. The van der Waals surface area contributed by atoms with Gasteiger partial charge in [0.1, 0.15) is 0 Å². The first-order valence-corrected chi connectivity index (χ1v) is 5.29. The molecule has 0 aromatic heterocycles. The molecule has 3 unspecified atom stereocenters. The van der Waals surface area contributed by atoms with Crippen molar-refractivity contribution >= 4 is 0 Å². The van der Waals surface area contributed by atoms with E-state index in [4.69, 9.17) is 5.73 Å². The average molecular weight is 168 g/mol. The molecule has 1 saturated heterocycles. The van der Waals surface area contributed by atoms with Crippen LogP contribution in [-0.4, -0.2) is 30.1 Å². The second-order valence-corrected chi connectivity index (χ2v) is 4.46. The molecule has 2 aliphatic rings. The molecule has 2 rings (SSSR count). The van der Waals surface area contributed by atoms with Gasteiger partial charge >= 0.3 is 0 Å². The van der Waals surface area contributed by atoms with Gasteiger partial charge in [-0.1, -0.05) is 6.92 Å². The number of piperidine rings is 1. The second-order valence-electron chi connectivity index (χ2n) is 4.46. The zero-order valence-corrected chi connectivity index (χ0v) is 8.00. The molecule has 1 heterocycles. The topological polar surface area (TPSA) is 29.3 Å². The number of rotatable bonds is 3. The normalized spacial score (nSPS) is 37.5. The van der Waals surface area contributed by atoms with E-state index in [-0.39, 0.29) is 0 Å². The minimum atomic E-state index is 0.407. The van der Waals surface area contributed by atoms with Gasteiger partial charge in [0.15, 0.2) is 0 Å². The van der Waals surface area contributed by atoms with Gasteiger partial charge in [0.05, 0.1) is 0 Å². The van der Waals surface area contributed by atoms with E-state index in [1.54, 1.807) is 0 Å². The monoisotopic (exact) mass is 168 g/mol. The Balaban J connectivity index is 1.82. The van der Waals surface area contributed by atoms with Crippen LogP contribution >= 0.6 is 0 Å². The van der Waals surface area contributed by atoms with Crippen LogP contribution in [0.4, 0.5) is 0 Å². The van der Waals surface area contributed by atoms with Crippen molar-refractivity contribution in [1.82, 2.24) is 4.90 Å². The predicted octanol–water partition coefficient (Wildman–Crippen LogP) is 1.21. The lowest BCUT2D eigenvalue weighted by Crippen LogP contribution is -2.41. The number of fused-ring (bicyclic) bond motifs is 2. The number of nitrogens with zero attached hydrogens (tertiary/aromatic N) is 1. The lowest BCUT2D eigenvalue weighted by atomic mass is 10.1. The summed E-state index contributed by atoms with van der Waals surface area (Å²) in [5.41, 5.74) is 5.94. The van der Waals surface area contributed by atoms with E-state index < -0.39 is 0 Å². The summed E-state index contributed by atoms with van der Waals surface area (Å²) in [4.78, 5) is 2.61. The third kappa shape index (κ3) is 1.50. The van der Waals surface area contributed by atoms with Crippen LogP contribution < -0.4 is 5.73 Å². The van der Waals surface area contributed by atoms with Gasteiger partial charge in [0, 0.05) is 25.2 Å². The molecule has 0 spiro atoms. The summed E-state index contributed by atoms with van der Waals surface area (Å²) >= 11 is 0. The van der Waals surface area contributed by atoms with Gasteiger partial charge < -0.3 is 5.73 Å². The van der Waals surface area contributed by atoms with Crippen LogP contribution in [-0.2, 0) is 0 Å². The van der Waals surface area contributed by atoms with E-state index in [2.05, 4.69) is 11.8 Å². The first kappa shape index (κ1) is 8.52. The molecule has 0 aromatic carbocycles. The van der Waals surface area contributed by atoms with E-state index in [1.807, 2.05) is 0 Å². The Labute approximate surface area is 75.1 Å². The molecule has 0 amide bonds. The van der Waals surface area contributed by atoms with E-state index >= 15 is 0 Å². The number of hydrogen-bond acceptors (Lipinski definition) is 2. The molecule has 2 N–H and O–H groups in total. The summed E-state index contributed by atoms with van der Waals surface area (Å²) in [6, 6.07) is 1.30. The Morgan fingerprint density at radius 3 is 2.83 bits per heavy atom. The van der Waals surface area contributed by atoms with Gasteiger partial charge in [-0.25, -0.2) is 0 Å². The Kier molecular flexibility index (Phi) is 2.37. The van der Waals surface area contributed by atoms with Gasteiger partial charge in [0.2, 0.25) is 0 Å². The van der Waals surface area contributed by atoms with Gasteiger partial charge in [0.25, 0.3) is 0 Å². The van der Waals surface area contributed by atoms with Gasteiger partial charge in [-0.15, -0.1) is 0 Å². The lowest BCUT2D eigenvalue weighted by molar-refractivity contribution is 0.200.